The number of esters is 1. The molecule has 0 amide bonds. The van der Waals surface area contributed by atoms with Crippen molar-refractivity contribution in [3.05, 3.63) is 0 Å². The molecule has 0 saturated heterocycles. The van der Waals surface area contributed by atoms with Gasteiger partial charge in [-0.15, -0.1) is 0 Å². The molecular formula is C10H18O5. The Kier molecular flexibility index (Phi) is 6.70. The average Bonchev–Trinajstić information content (AvgIpc) is 2.14. The molecule has 0 spiro atoms. The number of carbonyl (C=O) groups excluding carboxylic acids is 1. The fraction of sp³-hybridized carbons (Fsp3) is 0.800. The SMILES string of the molecule is CCC(C)OC(C)OC(=O)CCC(=O)O. The maximum Gasteiger partial charge on any atom is 0.308 e. The van der Waals surface area contributed by atoms with Crippen LogP contribution < -0.4 is 0 Å². The van der Waals surface area contributed by atoms with Gasteiger partial charge in [-0.3, -0.25) is 9.59 Å². The molecule has 15 heavy (non-hydrogen) atoms. The molecule has 1 N–H and O–H groups in total. The summed E-state index contributed by atoms with van der Waals surface area (Å²) in [5.41, 5.74) is 0. The summed E-state index contributed by atoms with van der Waals surface area (Å²) in [6.07, 6.45) is -0.108. The third-order valence-electron chi connectivity index (χ3n) is 1.84. The van der Waals surface area contributed by atoms with Crippen LogP contribution in [0.2, 0.25) is 0 Å². The Morgan fingerprint density at radius 3 is 2.33 bits per heavy atom. The average molecular weight is 218 g/mol. The number of hydrogen-bond acceptors (Lipinski definition) is 4. The molecule has 0 aromatic carbocycles. The van der Waals surface area contributed by atoms with Crippen molar-refractivity contribution in [2.24, 2.45) is 0 Å². The monoisotopic (exact) mass is 218 g/mol. The van der Waals surface area contributed by atoms with Crippen molar-refractivity contribution in [3.8, 4) is 0 Å². The van der Waals surface area contributed by atoms with Gasteiger partial charge in [0.25, 0.3) is 0 Å². The first-order valence-electron chi connectivity index (χ1n) is 5.02. The number of ether oxygens (including phenoxy) is 2. The topological polar surface area (TPSA) is 72.8 Å². The minimum atomic E-state index is -1.01. The van der Waals surface area contributed by atoms with E-state index in [0.29, 0.717) is 0 Å². The minimum Gasteiger partial charge on any atom is -0.481 e. The molecule has 0 radical (unpaired) electrons. The molecule has 5 heteroatoms. The first-order chi connectivity index (χ1) is 6.95. The second-order valence-electron chi connectivity index (χ2n) is 3.31. The van der Waals surface area contributed by atoms with Gasteiger partial charge in [0.2, 0.25) is 0 Å². The van der Waals surface area contributed by atoms with E-state index in [9.17, 15) is 9.59 Å². The van der Waals surface area contributed by atoms with Gasteiger partial charge in [0.15, 0.2) is 6.29 Å². The van der Waals surface area contributed by atoms with Crippen molar-refractivity contribution in [2.75, 3.05) is 0 Å². The molecule has 0 heterocycles. The van der Waals surface area contributed by atoms with E-state index in [1.54, 1.807) is 6.92 Å². The number of aliphatic carboxylic acids is 1. The Morgan fingerprint density at radius 1 is 1.27 bits per heavy atom. The van der Waals surface area contributed by atoms with Gasteiger partial charge in [-0.05, 0) is 20.3 Å². The number of carboxylic acid groups (broad SMARTS) is 1. The third-order valence-corrected chi connectivity index (χ3v) is 1.84. The highest BCUT2D eigenvalue weighted by atomic mass is 16.7. The third kappa shape index (κ3) is 7.93. The zero-order valence-corrected chi connectivity index (χ0v) is 9.36. The van der Waals surface area contributed by atoms with Crippen LogP contribution in [0.1, 0.15) is 40.0 Å². The molecule has 0 saturated carbocycles. The van der Waals surface area contributed by atoms with Crippen LogP contribution in [0, 0.1) is 0 Å². The van der Waals surface area contributed by atoms with Crippen LogP contribution in [-0.4, -0.2) is 29.4 Å². The van der Waals surface area contributed by atoms with Gasteiger partial charge < -0.3 is 14.6 Å². The molecule has 0 aliphatic heterocycles. The number of rotatable bonds is 7. The maximum absolute atomic E-state index is 11.1. The Labute approximate surface area is 89.4 Å². The maximum atomic E-state index is 11.1. The smallest absolute Gasteiger partial charge is 0.308 e. The zero-order valence-electron chi connectivity index (χ0n) is 9.36. The van der Waals surface area contributed by atoms with Gasteiger partial charge in [0.1, 0.15) is 0 Å². The number of carbonyl (C=O) groups is 2. The van der Waals surface area contributed by atoms with Crippen LogP contribution in [-0.2, 0) is 19.1 Å². The predicted molar refractivity (Wildman–Crippen MR) is 53.3 cm³/mol. The summed E-state index contributed by atoms with van der Waals surface area (Å²) in [4.78, 5) is 21.2. The van der Waals surface area contributed by atoms with E-state index in [1.165, 1.54) is 0 Å². The van der Waals surface area contributed by atoms with Gasteiger partial charge in [0.05, 0.1) is 18.9 Å². The van der Waals surface area contributed by atoms with Crippen LogP contribution in [0.4, 0.5) is 0 Å². The largest absolute Gasteiger partial charge is 0.481 e. The minimum absolute atomic E-state index is 0.0206. The Balaban J connectivity index is 3.71. The lowest BCUT2D eigenvalue weighted by molar-refractivity contribution is -0.184. The second kappa shape index (κ2) is 7.23. The van der Waals surface area contributed by atoms with Gasteiger partial charge >= 0.3 is 11.9 Å². The molecule has 88 valence electrons. The number of carboxylic acids is 1. The highest BCUT2D eigenvalue weighted by molar-refractivity contribution is 5.76. The van der Waals surface area contributed by atoms with Crippen molar-refractivity contribution in [2.45, 2.75) is 52.4 Å². The molecule has 0 aliphatic rings. The van der Waals surface area contributed by atoms with Crippen LogP contribution in [0.3, 0.4) is 0 Å². The van der Waals surface area contributed by atoms with Crippen LogP contribution >= 0.6 is 0 Å². The first-order valence-corrected chi connectivity index (χ1v) is 5.02. The lowest BCUT2D eigenvalue weighted by atomic mass is 10.3. The van der Waals surface area contributed by atoms with Crippen LogP contribution in [0.5, 0.6) is 0 Å². The van der Waals surface area contributed by atoms with Crippen molar-refractivity contribution in [3.63, 3.8) is 0 Å². The van der Waals surface area contributed by atoms with E-state index >= 15 is 0 Å². The number of hydrogen-bond donors (Lipinski definition) is 1. The fourth-order valence-electron chi connectivity index (χ4n) is 0.904. The molecule has 0 aliphatic carbocycles. The molecule has 2 atom stereocenters. The summed E-state index contributed by atoms with van der Waals surface area (Å²) in [6.45, 7) is 5.45. The molecule has 0 bridgehead atoms. The summed E-state index contributed by atoms with van der Waals surface area (Å²) in [6, 6.07) is 0. The highest BCUT2D eigenvalue weighted by Gasteiger charge is 2.13. The standard InChI is InChI=1S/C10H18O5/c1-4-7(2)14-8(3)15-10(13)6-5-9(11)12/h7-8H,4-6H2,1-3H3,(H,11,12). The lowest BCUT2D eigenvalue weighted by Gasteiger charge is -2.17. The summed E-state index contributed by atoms with van der Waals surface area (Å²) >= 11 is 0. The Hall–Kier alpha value is -1.10. The van der Waals surface area contributed by atoms with E-state index in [0.717, 1.165) is 6.42 Å². The van der Waals surface area contributed by atoms with Crippen molar-refractivity contribution in [1.82, 2.24) is 0 Å². The van der Waals surface area contributed by atoms with Gasteiger partial charge in [-0.25, -0.2) is 0 Å². The summed E-state index contributed by atoms with van der Waals surface area (Å²) < 4.78 is 10.1. The first kappa shape index (κ1) is 13.9. The molecule has 0 rings (SSSR count). The normalized spacial score (nSPS) is 14.3. The second-order valence-corrected chi connectivity index (χ2v) is 3.31. The fourth-order valence-corrected chi connectivity index (χ4v) is 0.904. The molecule has 0 aromatic rings. The van der Waals surface area contributed by atoms with E-state index < -0.39 is 18.2 Å². The molecule has 5 nitrogen and oxygen atoms in total. The summed E-state index contributed by atoms with van der Waals surface area (Å²) in [5, 5.41) is 8.34. The van der Waals surface area contributed by atoms with E-state index in [4.69, 9.17) is 14.6 Å². The van der Waals surface area contributed by atoms with Crippen LogP contribution in [0.15, 0.2) is 0 Å². The summed E-state index contributed by atoms with van der Waals surface area (Å²) in [7, 11) is 0. The van der Waals surface area contributed by atoms with E-state index in [-0.39, 0.29) is 18.9 Å². The molecule has 0 fully saturated rings. The van der Waals surface area contributed by atoms with Crippen molar-refractivity contribution in [1.29, 1.82) is 0 Å². The highest BCUT2D eigenvalue weighted by Crippen LogP contribution is 2.05. The Morgan fingerprint density at radius 2 is 1.87 bits per heavy atom. The predicted octanol–water partition coefficient (Wildman–Crippen LogP) is 1.56. The molecular weight excluding hydrogens is 200 g/mol. The lowest BCUT2D eigenvalue weighted by Crippen LogP contribution is -2.22. The molecule has 2 unspecified atom stereocenters. The van der Waals surface area contributed by atoms with Gasteiger partial charge in [-0.2, -0.15) is 0 Å². The van der Waals surface area contributed by atoms with E-state index in [2.05, 4.69) is 0 Å². The summed E-state index contributed by atoms with van der Waals surface area (Å²) in [5.74, 6) is -1.56. The van der Waals surface area contributed by atoms with Crippen molar-refractivity contribution < 1.29 is 24.2 Å². The quantitative estimate of drug-likeness (QED) is 0.518. The Bertz CT molecular complexity index is 214. The van der Waals surface area contributed by atoms with Gasteiger partial charge in [-0.1, -0.05) is 6.92 Å². The molecule has 0 aromatic heterocycles. The van der Waals surface area contributed by atoms with Gasteiger partial charge in [0, 0.05) is 0 Å². The van der Waals surface area contributed by atoms with E-state index in [1.807, 2.05) is 13.8 Å². The zero-order chi connectivity index (χ0) is 11.8. The van der Waals surface area contributed by atoms with Crippen LogP contribution in [0.25, 0.3) is 0 Å². The van der Waals surface area contributed by atoms with Crippen molar-refractivity contribution >= 4 is 11.9 Å².